The van der Waals surface area contributed by atoms with Gasteiger partial charge in [0.05, 0.1) is 22.7 Å². The van der Waals surface area contributed by atoms with Gasteiger partial charge in [0.1, 0.15) is 11.4 Å². The van der Waals surface area contributed by atoms with Crippen LogP contribution >= 0.6 is 23.1 Å². The van der Waals surface area contributed by atoms with E-state index in [1.54, 1.807) is 11.8 Å². The third-order valence-corrected chi connectivity index (χ3v) is 7.30. The van der Waals surface area contributed by atoms with E-state index in [2.05, 4.69) is 4.98 Å². The first-order valence-corrected chi connectivity index (χ1v) is 11.6. The molecular weight excluding hydrogens is 435 g/mol. The van der Waals surface area contributed by atoms with Crippen molar-refractivity contribution in [2.45, 2.75) is 24.8 Å². The van der Waals surface area contributed by atoms with Gasteiger partial charge in [0.25, 0.3) is 5.91 Å². The van der Waals surface area contributed by atoms with Crippen molar-refractivity contribution < 1.29 is 13.6 Å². The first kappa shape index (κ1) is 20.0. The maximum atomic E-state index is 13.9. The van der Waals surface area contributed by atoms with Crippen LogP contribution in [-0.2, 0) is 0 Å². The number of nitrogens with zero attached hydrogens (tertiary/aromatic N) is 2. The number of benzene rings is 2. The normalized spacial score (nSPS) is 15.7. The van der Waals surface area contributed by atoms with Gasteiger partial charge in [0.15, 0.2) is 10.6 Å². The third-order valence-electron chi connectivity index (χ3n) is 5.49. The lowest BCUT2D eigenvalue weighted by molar-refractivity contribution is 0.0971. The van der Waals surface area contributed by atoms with Gasteiger partial charge in [0, 0.05) is 9.77 Å². The molecule has 2 aromatic heterocycles. The number of rotatable bonds is 3. The van der Waals surface area contributed by atoms with E-state index in [1.807, 2.05) is 44.4 Å². The van der Waals surface area contributed by atoms with Gasteiger partial charge < -0.3 is 4.42 Å². The van der Waals surface area contributed by atoms with Crippen LogP contribution in [-0.4, -0.2) is 17.1 Å². The summed E-state index contributed by atoms with van der Waals surface area (Å²) in [7, 11) is 0. The molecule has 3 heterocycles. The van der Waals surface area contributed by atoms with Gasteiger partial charge >= 0.3 is 0 Å². The quantitative estimate of drug-likeness (QED) is 0.385. The molecule has 0 saturated heterocycles. The zero-order valence-corrected chi connectivity index (χ0v) is 18.6. The molecule has 1 aliphatic heterocycles. The number of fused-ring (bicyclic) bond motifs is 2. The summed E-state index contributed by atoms with van der Waals surface area (Å²) in [6.45, 7) is 3.82. The van der Waals surface area contributed by atoms with Gasteiger partial charge in [-0.25, -0.2) is 9.37 Å². The van der Waals surface area contributed by atoms with Gasteiger partial charge in [-0.1, -0.05) is 12.1 Å². The van der Waals surface area contributed by atoms with E-state index >= 15 is 0 Å². The van der Waals surface area contributed by atoms with Crippen molar-refractivity contribution in [1.82, 2.24) is 4.98 Å². The number of carbonyl (C=O) groups excluding carboxylic acids is 1. The zero-order valence-electron chi connectivity index (χ0n) is 16.9. The lowest BCUT2D eigenvalue weighted by Crippen LogP contribution is -2.29. The molecule has 0 radical (unpaired) electrons. The molecule has 2 aromatic carbocycles. The highest BCUT2D eigenvalue weighted by molar-refractivity contribution is 7.98. The third kappa shape index (κ3) is 3.09. The molecule has 8 heteroatoms. The molecule has 31 heavy (non-hydrogen) atoms. The monoisotopic (exact) mass is 452 g/mol. The van der Waals surface area contributed by atoms with E-state index in [0.717, 1.165) is 27.1 Å². The van der Waals surface area contributed by atoms with Gasteiger partial charge in [0.2, 0.25) is 5.76 Å². The minimum absolute atomic E-state index is 0.0199. The van der Waals surface area contributed by atoms with E-state index in [9.17, 15) is 14.0 Å². The summed E-state index contributed by atoms with van der Waals surface area (Å²) in [6, 6.07) is 10.7. The van der Waals surface area contributed by atoms with Crippen molar-refractivity contribution in [3.05, 3.63) is 86.0 Å². The topological polar surface area (TPSA) is 63.4 Å². The van der Waals surface area contributed by atoms with Crippen LogP contribution in [0.25, 0.3) is 11.0 Å². The molecule has 1 aliphatic rings. The Hall–Kier alpha value is -2.97. The van der Waals surface area contributed by atoms with Crippen molar-refractivity contribution in [1.29, 1.82) is 0 Å². The molecule has 0 aliphatic carbocycles. The number of hydrogen-bond donors (Lipinski definition) is 0. The van der Waals surface area contributed by atoms with Crippen molar-refractivity contribution in [3.63, 3.8) is 0 Å². The maximum absolute atomic E-state index is 13.9. The predicted molar refractivity (Wildman–Crippen MR) is 121 cm³/mol. The first-order valence-electron chi connectivity index (χ1n) is 9.57. The van der Waals surface area contributed by atoms with E-state index in [-0.39, 0.29) is 22.3 Å². The second kappa shape index (κ2) is 7.32. The number of thiazole rings is 1. The van der Waals surface area contributed by atoms with Gasteiger partial charge in [-0.15, -0.1) is 23.1 Å². The molecule has 156 valence electrons. The Morgan fingerprint density at radius 2 is 1.87 bits per heavy atom. The lowest BCUT2D eigenvalue weighted by atomic mass is 9.99. The minimum atomic E-state index is -0.702. The van der Waals surface area contributed by atoms with Crippen LogP contribution in [0, 0.1) is 19.7 Å². The average Bonchev–Trinajstić information content (AvgIpc) is 3.25. The molecule has 1 unspecified atom stereocenters. The lowest BCUT2D eigenvalue weighted by Gasteiger charge is -2.22. The Kier molecular flexibility index (Phi) is 4.71. The highest BCUT2D eigenvalue weighted by Gasteiger charge is 2.45. The fourth-order valence-corrected chi connectivity index (χ4v) is 5.15. The summed E-state index contributed by atoms with van der Waals surface area (Å²) in [5, 5.41) is 0.616. The molecule has 4 aromatic rings. The number of hydrogen-bond acceptors (Lipinski definition) is 6. The van der Waals surface area contributed by atoms with Gasteiger partial charge in [-0.2, -0.15) is 0 Å². The molecule has 5 rings (SSSR count). The van der Waals surface area contributed by atoms with Crippen LogP contribution in [0.15, 0.2) is 56.6 Å². The summed E-state index contributed by atoms with van der Waals surface area (Å²) in [5.41, 5.74) is 1.58. The summed E-state index contributed by atoms with van der Waals surface area (Å²) < 4.78 is 19.7. The van der Waals surface area contributed by atoms with Crippen LogP contribution in [0.2, 0.25) is 0 Å². The van der Waals surface area contributed by atoms with E-state index < -0.39 is 23.2 Å². The smallest absolute Gasteiger partial charge is 0.297 e. The fourth-order valence-electron chi connectivity index (χ4n) is 3.80. The minimum Gasteiger partial charge on any atom is -0.450 e. The Morgan fingerprint density at radius 3 is 2.52 bits per heavy atom. The van der Waals surface area contributed by atoms with E-state index in [0.29, 0.717) is 5.13 Å². The molecule has 0 fully saturated rings. The number of carbonyl (C=O) groups is 1. The molecular formula is C23H17FN2O3S2. The number of aryl methyl sites for hydroxylation is 2. The number of aromatic nitrogens is 1. The Bertz CT molecular complexity index is 1390. The summed E-state index contributed by atoms with van der Waals surface area (Å²) in [6.07, 6.45) is 1.98. The summed E-state index contributed by atoms with van der Waals surface area (Å²) in [4.78, 5) is 35.0. The average molecular weight is 453 g/mol. The standard InChI is InChI=1S/C23H17FN2O3S2/c1-11-12(2)31-23(25-11)26-19(13-4-7-15(30-3)8-5-13)18-20(27)16-10-14(24)6-9-17(16)29-21(18)22(26)28/h4-10,19H,1-3H3. The van der Waals surface area contributed by atoms with Crippen molar-refractivity contribution >= 4 is 45.1 Å². The summed E-state index contributed by atoms with van der Waals surface area (Å²) >= 11 is 2.99. The highest BCUT2D eigenvalue weighted by Crippen LogP contribution is 2.43. The molecule has 1 amide bonds. The second-order valence-electron chi connectivity index (χ2n) is 7.30. The van der Waals surface area contributed by atoms with Crippen LogP contribution < -0.4 is 10.3 Å². The number of halogens is 1. The van der Waals surface area contributed by atoms with Crippen molar-refractivity contribution in [2.24, 2.45) is 0 Å². The van der Waals surface area contributed by atoms with E-state index in [4.69, 9.17) is 4.42 Å². The predicted octanol–water partition coefficient (Wildman–Crippen LogP) is 5.48. The molecule has 0 bridgehead atoms. The van der Waals surface area contributed by atoms with Crippen LogP contribution in [0.1, 0.15) is 38.3 Å². The molecule has 0 N–H and O–H groups in total. The number of anilines is 1. The zero-order chi connectivity index (χ0) is 21.9. The maximum Gasteiger partial charge on any atom is 0.297 e. The van der Waals surface area contributed by atoms with Crippen molar-refractivity contribution in [3.8, 4) is 0 Å². The van der Waals surface area contributed by atoms with Crippen LogP contribution in [0.3, 0.4) is 0 Å². The van der Waals surface area contributed by atoms with Crippen LogP contribution in [0.4, 0.5) is 9.52 Å². The van der Waals surface area contributed by atoms with Crippen LogP contribution in [0.5, 0.6) is 0 Å². The van der Waals surface area contributed by atoms with Crippen molar-refractivity contribution in [2.75, 3.05) is 11.2 Å². The fraction of sp³-hybridized carbons (Fsp3) is 0.174. The first-order chi connectivity index (χ1) is 14.9. The largest absolute Gasteiger partial charge is 0.450 e. The summed E-state index contributed by atoms with van der Waals surface area (Å²) in [5.74, 6) is -0.979. The SMILES string of the molecule is CSc1ccc(C2c3c(oc4ccc(F)cc4c3=O)C(=O)N2c2nc(C)c(C)s2)cc1. The molecule has 0 spiro atoms. The Balaban J connectivity index is 1.80. The Labute approximate surface area is 185 Å². The number of amides is 1. The Morgan fingerprint density at radius 1 is 1.13 bits per heavy atom. The second-order valence-corrected chi connectivity index (χ2v) is 9.36. The highest BCUT2D eigenvalue weighted by atomic mass is 32.2. The van der Waals surface area contributed by atoms with Gasteiger partial charge in [-0.05, 0) is 56.0 Å². The molecule has 5 nitrogen and oxygen atoms in total. The van der Waals surface area contributed by atoms with Gasteiger partial charge in [-0.3, -0.25) is 14.5 Å². The molecule has 0 saturated carbocycles. The molecule has 1 atom stereocenters. The number of thioether (sulfide) groups is 1. The van der Waals surface area contributed by atoms with E-state index in [1.165, 1.54) is 28.4 Å².